The number of benzene rings is 1. The van der Waals surface area contributed by atoms with Crippen molar-refractivity contribution in [3.63, 3.8) is 0 Å². The van der Waals surface area contributed by atoms with E-state index in [1.54, 1.807) is 23.1 Å². The molecule has 0 unspecified atom stereocenters. The van der Waals surface area contributed by atoms with Crippen LogP contribution in [0.15, 0.2) is 24.3 Å². The maximum atomic E-state index is 13.5. The molecule has 1 aromatic rings. The summed E-state index contributed by atoms with van der Waals surface area (Å²) in [7, 11) is 0. The second-order valence-electron chi connectivity index (χ2n) is 4.93. The van der Waals surface area contributed by atoms with Gasteiger partial charge in [0, 0.05) is 13.1 Å². The van der Waals surface area contributed by atoms with Crippen LogP contribution in [0.1, 0.15) is 18.4 Å². The average molecular weight is 266 g/mol. The topological polar surface area (TPSA) is 55.6 Å². The summed E-state index contributed by atoms with van der Waals surface area (Å²) >= 11 is 0. The van der Waals surface area contributed by atoms with Gasteiger partial charge in [0.2, 0.25) is 5.91 Å². The predicted octanol–water partition coefficient (Wildman–Crippen LogP) is 1.50. The van der Waals surface area contributed by atoms with Gasteiger partial charge in [-0.05, 0) is 30.4 Å². The Bertz CT molecular complexity index is 431. The van der Waals surface area contributed by atoms with Gasteiger partial charge in [0.1, 0.15) is 5.82 Å². The molecule has 1 fully saturated rings. The summed E-state index contributed by atoms with van der Waals surface area (Å²) in [6.07, 6.45) is 1.91. The molecule has 2 rings (SSSR count). The van der Waals surface area contributed by atoms with Gasteiger partial charge in [-0.1, -0.05) is 18.2 Å². The van der Waals surface area contributed by atoms with Gasteiger partial charge in [0.15, 0.2) is 0 Å². The smallest absolute Gasteiger partial charge is 0.227 e. The molecule has 1 aliphatic rings. The lowest BCUT2D eigenvalue weighted by atomic mass is 9.97. The third kappa shape index (κ3) is 3.75. The van der Waals surface area contributed by atoms with Crippen molar-refractivity contribution < 1.29 is 14.0 Å². The molecule has 104 valence electrons. The number of hydrogen-bond donors (Lipinski definition) is 1. The molecule has 0 aliphatic carbocycles. The lowest BCUT2D eigenvalue weighted by molar-refractivity contribution is -0.132. The summed E-state index contributed by atoms with van der Waals surface area (Å²) in [5.41, 5.74) is 0.458. The summed E-state index contributed by atoms with van der Waals surface area (Å²) in [5.74, 6) is 5.14. The van der Waals surface area contributed by atoms with Crippen LogP contribution < -0.4 is 5.90 Å². The first kappa shape index (κ1) is 14.0. The minimum Gasteiger partial charge on any atom is -0.342 e. The minimum atomic E-state index is -0.317. The second kappa shape index (κ2) is 6.63. The molecule has 1 aliphatic heterocycles. The molecule has 4 nitrogen and oxygen atoms in total. The number of nitrogens with two attached hydrogens (primary N) is 1. The highest BCUT2D eigenvalue weighted by atomic mass is 19.1. The number of rotatable bonds is 4. The normalized spacial score (nSPS) is 16.6. The van der Waals surface area contributed by atoms with Crippen molar-refractivity contribution in [2.75, 3.05) is 19.7 Å². The molecule has 0 bridgehead atoms. The van der Waals surface area contributed by atoms with Gasteiger partial charge in [-0.15, -0.1) is 0 Å². The van der Waals surface area contributed by atoms with Crippen LogP contribution in [0.5, 0.6) is 0 Å². The molecular formula is C14H19FN2O2. The molecule has 0 spiro atoms. The zero-order valence-electron chi connectivity index (χ0n) is 10.8. The maximum Gasteiger partial charge on any atom is 0.227 e. The third-order valence-electron chi connectivity index (χ3n) is 3.60. The van der Waals surface area contributed by atoms with E-state index in [-0.39, 0.29) is 18.1 Å². The molecule has 1 saturated heterocycles. The standard InChI is InChI=1S/C14H19FN2O2/c15-13-4-2-1-3-12(13)9-14(18)17-7-5-11(6-8-17)10-19-16/h1-4,11H,5-10,16H2. The van der Waals surface area contributed by atoms with Crippen LogP contribution in [0.25, 0.3) is 0 Å². The van der Waals surface area contributed by atoms with Crippen molar-refractivity contribution in [1.82, 2.24) is 4.90 Å². The lowest BCUT2D eigenvalue weighted by Gasteiger charge is -2.31. The summed E-state index contributed by atoms with van der Waals surface area (Å²) in [6, 6.07) is 6.41. The van der Waals surface area contributed by atoms with Crippen LogP contribution >= 0.6 is 0 Å². The summed E-state index contributed by atoms with van der Waals surface area (Å²) in [5, 5.41) is 0. The minimum absolute atomic E-state index is 0.0165. The Hall–Kier alpha value is -1.46. The van der Waals surface area contributed by atoms with Gasteiger partial charge in [0.05, 0.1) is 13.0 Å². The number of carbonyl (C=O) groups is 1. The van der Waals surface area contributed by atoms with Gasteiger partial charge in [-0.3, -0.25) is 4.79 Å². The fraction of sp³-hybridized carbons (Fsp3) is 0.500. The van der Waals surface area contributed by atoms with Gasteiger partial charge >= 0.3 is 0 Å². The number of carbonyl (C=O) groups excluding carboxylic acids is 1. The van der Waals surface area contributed by atoms with Crippen LogP contribution in [0.2, 0.25) is 0 Å². The molecular weight excluding hydrogens is 247 g/mol. The zero-order valence-corrected chi connectivity index (χ0v) is 10.8. The molecule has 1 aromatic carbocycles. The second-order valence-corrected chi connectivity index (χ2v) is 4.93. The Morgan fingerprint density at radius 3 is 2.68 bits per heavy atom. The van der Waals surface area contributed by atoms with E-state index in [1.165, 1.54) is 6.07 Å². The molecule has 1 amide bonds. The molecule has 2 N–H and O–H groups in total. The Morgan fingerprint density at radius 2 is 2.05 bits per heavy atom. The fourth-order valence-electron chi connectivity index (χ4n) is 2.40. The Morgan fingerprint density at radius 1 is 1.37 bits per heavy atom. The molecule has 0 atom stereocenters. The number of halogens is 1. The quantitative estimate of drug-likeness (QED) is 0.840. The zero-order chi connectivity index (χ0) is 13.7. The average Bonchev–Trinajstić information content (AvgIpc) is 2.42. The Labute approximate surface area is 112 Å². The molecule has 5 heteroatoms. The third-order valence-corrected chi connectivity index (χ3v) is 3.60. The molecule has 0 aromatic heterocycles. The van der Waals surface area contributed by atoms with Crippen molar-refractivity contribution in [2.45, 2.75) is 19.3 Å². The van der Waals surface area contributed by atoms with Crippen molar-refractivity contribution in [3.05, 3.63) is 35.6 Å². The van der Waals surface area contributed by atoms with Gasteiger partial charge in [-0.2, -0.15) is 0 Å². The lowest BCUT2D eigenvalue weighted by Crippen LogP contribution is -2.40. The number of nitrogens with zero attached hydrogens (tertiary/aromatic N) is 1. The maximum absolute atomic E-state index is 13.5. The van der Waals surface area contributed by atoms with Gasteiger partial charge < -0.3 is 9.74 Å². The number of hydrogen-bond acceptors (Lipinski definition) is 3. The van der Waals surface area contributed by atoms with Crippen LogP contribution in [0.3, 0.4) is 0 Å². The first-order chi connectivity index (χ1) is 9.20. The fourth-order valence-corrected chi connectivity index (χ4v) is 2.40. The number of amides is 1. The molecule has 19 heavy (non-hydrogen) atoms. The molecule has 0 saturated carbocycles. The van der Waals surface area contributed by atoms with E-state index in [1.807, 2.05) is 0 Å². The van der Waals surface area contributed by atoms with Crippen LogP contribution in [-0.2, 0) is 16.1 Å². The predicted molar refractivity (Wildman–Crippen MR) is 69.5 cm³/mol. The number of piperidine rings is 1. The van der Waals surface area contributed by atoms with Crippen LogP contribution in [0.4, 0.5) is 4.39 Å². The Kier molecular flexibility index (Phi) is 4.87. The first-order valence-corrected chi connectivity index (χ1v) is 6.53. The van der Waals surface area contributed by atoms with E-state index >= 15 is 0 Å². The Balaban J connectivity index is 1.87. The van der Waals surface area contributed by atoms with Crippen molar-refractivity contribution in [2.24, 2.45) is 11.8 Å². The van der Waals surface area contributed by atoms with Crippen LogP contribution in [-0.4, -0.2) is 30.5 Å². The largest absolute Gasteiger partial charge is 0.342 e. The van der Waals surface area contributed by atoms with E-state index in [2.05, 4.69) is 4.84 Å². The van der Waals surface area contributed by atoms with Gasteiger partial charge in [0.25, 0.3) is 0 Å². The SMILES string of the molecule is NOCC1CCN(C(=O)Cc2ccccc2F)CC1. The number of likely N-dealkylation sites (tertiary alicyclic amines) is 1. The van der Waals surface area contributed by atoms with E-state index in [9.17, 15) is 9.18 Å². The van der Waals surface area contributed by atoms with E-state index in [0.29, 0.717) is 31.2 Å². The van der Waals surface area contributed by atoms with Crippen molar-refractivity contribution in [1.29, 1.82) is 0 Å². The van der Waals surface area contributed by atoms with Crippen molar-refractivity contribution in [3.8, 4) is 0 Å². The molecule has 1 heterocycles. The molecule has 0 radical (unpaired) electrons. The van der Waals surface area contributed by atoms with E-state index in [0.717, 1.165) is 12.8 Å². The summed E-state index contributed by atoms with van der Waals surface area (Å²) in [4.78, 5) is 18.5. The highest BCUT2D eigenvalue weighted by Gasteiger charge is 2.23. The van der Waals surface area contributed by atoms with Crippen LogP contribution in [0, 0.1) is 11.7 Å². The highest BCUT2D eigenvalue weighted by Crippen LogP contribution is 2.18. The first-order valence-electron chi connectivity index (χ1n) is 6.53. The van der Waals surface area contributed by atoms with Crippen molar-refractivity contribution >= 4 is 5.91 Å². The van der Waals surface area contributed by atoms with E-state index in [4.69, 9.17) is 5.90 Å². The summed E-state index contributed by atoms with van der Waals surface area (Å²) < 4.78 is 13.5. The monoisotopic (exact) mass is 266 g/mol. The summed E-state index contributed by atoms with van der Waals surface area (Å²) in [6.45, 7) is 1.93. The van der Waals surface area contributed by atoms with Gasteiger partial charge in [-0.25, -0.2) is 10.3 Å². The van der Waals surface area contributed by atoms with E-state index < -0.39 is 0 Å². The highest BCUT2D eigenvalue weighted by molar-refractivity contribution is 5.78.